The second-order valence-corrected chi connectivity index (χ2v) is 6.67. The number of hydrogen-bond donors (Lipinski definition) is 1. The van der Waals surface area contributed by atoms with Gasteiger partial charge < -0.3 is 10.2 Å². The Morgan fingerprint density at radius 1 is 1.35 bits per heavy atom. The molecule has 1 aliphatic rings. The standard InChI is InChI=1S/C16H29N3O/c1-14(20)18-12-15-6-10-19(11-7-15)9-5-4-8-16(2,3)13-17/h15H,4-12H2,1-3H3,(H,18,20). The molecule has 0 aliphatic carbocycles. The maximum absolute atomic E-state index is 10.9. The number of amides is 1. The molecule has 1 aliphatic heterocycles. The van der Waals surface area contributed by atoms with E-state index >= 15 is 0 Å². The zero-order valence-electron chi connectivity index (χ0n) is 13.2. The van der Waals surface area contributed by atoms with Crippen LogP contribution in [0.25, 0.3) is 0 Å². The van der Waals surface area contributed by atoms with Crippen molar-refractivity contribution in [3.8, 4) is 6.07 Å². The molecule has 114 valence electrons. The Morgan fingerprint density at radius 3 is 2.55 bits per heavy atom. The lowest BCUT2D eigenvalue weighted by atomic mass is 9.89. The first-order valence-electron chi connectivity index (χ1n) is 7.81. The van der Waals surface area contributed by atoms with Crippen LogP contribution in [0.5, 0.6) is 0 Å². The number of carbonyl (C=O) groups is 1. The number of nitriles is 1. The lowest BCUT2D eigenvalue weighted by Gasteiger charge is -2.32. The van der Waals surface area contributed by atoms with Gasteiger partial charge in [0.15, 0.2) is 0 Å². The second-order valence-electron chi connectivity index (χ2n) is 6.67. The van der Waals surface area contributed by atoms with Gasteiger partial charge in [-0.1, -0.05) is 6.42 Å². The van der Waals surface area contributed by atoms with Crippen LogP contribution >= 0.6 is 0 Å². The molecule has 1 saturated heterocycles. The van der Waals surface area contributed by atoms with Crippen molar-refractivity contribution in [2.24, 2.45) is 11.3 Å². The van der Waals surface area contributed by atoms with Crippen molar-refractivity contribution in [1.82, 2.24) is 10.2 Å². The van der Waals surface area contributed by atoms with Crippen molar-refractivity contribution < 1.29 is 4.79 Å². The van der Waals surface area contributed by atoms with E-state index in [1.807, 2.05) is 13.8 Å². The summed E-state index contributed by atoms with van der Waals surface area (Å²) in [5.41, 5.74) is -0.175. The molecule has 0 aromatic rings. The van der Waals surface area contributed by atoms with E-state index in [0.717, 1.165) is 39.0 Å². The molecule has 4 nitrogen and oxygen atoms in total. The van der Waals surface area contributed by atoms with E-state index in [0.29, 0.717) is 5.92 Å². The quantitative estimate of drug-likeness (QED) is 0.729. The van der Waals surface area contributed by atoms with E-state index in [1.165, 1.54) is 19.3 Å². The highest BCUT2D eigenvalue weighted by Gasteiger charge is 2.20. The second kappa shape index (κ2) is 8.26. The monoisotopic (exact) mass is 279 g/mol. The fourth-order valence-corrected chi connectivity index (χ4v) is 2.66. The maximum Gasteiger partial charge on any atom is 0.216 e. The third kappa shape index (κ3) is 6.91. The lowest BCUT2D eigenvalue weighted by Crippen LogP contribution is -2.38. The predicted molar refractivity (Wildman–Crippen MR) is 81.1 cm³/mol. The Labute approximate surface area is 123 Å². The van der Waals surface area contributed by atoms with E-state index in [2.05, 4.69) is 16.3 Å². The topological polar surface area (TPSA) is 56.1 Å². The van der Waals surface area contributed by atoms with Crippen LogP contribution in [0.2, 0.25) is 0 Å². The first-order chi connectivity index (χ1) is 9.43. The van der Waals surface area contributed by atoms with Crippen molar-refractivity contribution in [2.45, 2.75) is 52.9 Å². The highest BCUT2D eigenvalue weighted by molar-refractivity contribution is 5.72. The summed E-state index contributed by atoms with van der Waals surface area (Å²) in [5.74, 6) is 0.722. The summed E-state index contributed by atoms with van der Waals surface area (Å²) in [6, 6.07) is 2.36. The Morgan fingerprint density at radius 2 is 2.00 bits per heavy atom. The van der Waals surface area contributed by atoms with Crippen molar-refractivity contribution in [3.63, 3.8) is 0 Å². The highest BCUT2D eigenvalue weighted by atomic mass is 16.1. The first kappa shape index (κ1) is 17.0. The van der Waals surface area contributed by atoms with Gasteiger partial charge in [-0.25, -0.2) is 0 Å². The summed E-state index contributed by atoms with van der Waals surface area (Å²) >= 11 is 0. The largest absolute Gasteiger partial charge is 0.356 e. The average molecular weight is 279 g/mol. The van der Waals surface area contributed by atoms with Crippen LogP contribution in [0, 0.1) is 22.7 Å². The molecule has 0 saturated carbocycles. The Balaban J connectivity index is 2.08. The Hall–Kier alpha value is -1.08. The van der Waals surface area contributed by atoms with Gasteiger partial charge >= 0.3 is 0 Å². The molecule has 1 amide bonds. The summed E-state index contributed by atoms with van der Waals surface area (Å²) in [5, 5.41) is 11.9. The number of likely N-dealkylation sites (tertiary alicyclic amines) is 1. The zero-order valence-corrected chi connectivity index (χ0v) is 13.2. The van der Waals surface area contributed by atoms with Gasteiger partial charge in [-0.2, -0.15) is 5.26 Å². The minimum absolute atomic E-state index is 0.0764. The van der Waals surface area contributed by atoms with Crippen LogP contribution in [-0.2, 0) is 4.79 Å². The third-order valence-corrected chi connectivity index (χ3v) is 4.18. The molecule has 0 radical (unpaired) electrons. The molecule has 0 bridgehead atoms. The number of rotatable bonds is 7. The SMILES string of the molecule is CC(=O)NCC1CCN(CCCCC(C)(C)C#N)CC1. The molecular weight excluding hydrogens is 250 g/mol. The maximum atomic E-state index is 10.9. The molecule has 0 atom stereocenters. The average Bonchev–Trinajstić information content (AvgIpc) is 2.42. The summed E-state index contributed by atoms with van der Waals surface area (Å²) in [6.07, 6.45) is 5.67. The number of nitrogens with one attached hydrogen (secondary N) is 1. The first-order valence-corrected chi connectivity index (χ1v) is 7.81. The normalized spacial score (nSPS) is 17.7. The van der Waals surface area contributed by atoms with Gasteiger partial charge in [0.25, 0.3) is 0 Å². The van der Waals surface area contributed by atoms with Gasteiger partial charge in [0, 0.05) is 13.5 Å². The molecule has 4 heteroatoms. The highest BCUT2D eigenvalue weighted by Crippen LogP contribution is 2.22. The summed E-state index contributed by atoms with van der Waals surface area (Å²) in [6.45, 7) is 9.88. The van der Waals surface area contributed by atoms with Crippen molar-refractivity contribution >= 4 is 5.91 Å². The third-order valence-electron chi connectivity index (χ3n) is 4.18. The van der Waals surface area contributed by atoms with E-state index in [-0.39, 0.29) is 11.3 Å². The van der Waals surface area contributed by atoms with Gasteiger partial charge in [0.1, 0.15) is 0 Å². The molecule has 1 fully saturated rings. The van der Waals surface area contributed by atoms with E-state index in [9.17, 15) is 4.79 Å². The molecule has 0 aromatic heterocycles. The van der Waals surface area contributed by atoms with Crippen molar-refractivity contribution in [3.05, 3.63) is 0 Å². The molecule has 0 spiro atoms. The molecule has 20 heavy (non-hydrogen) atoms. The number of unbranched alkanes of at least 4 members (excludes halogenated alkanes) is 1. The van der Waals surface area contributed by atoms with Crippen LogP contribution in [-0.4, -0.2) is 37.0 Å². The summed E-state index contributed by atoms with van der Waals surface area (Å²) in [7, 11) is 0. The minimum atomic E-state index is -0.175. The van der Waals surface area contributed by atoms with Gasteiger partial charge in [-0.05, 0) is 65.1 Å². The Bertz CT molecular complexity index is 338. The van der Waals surface area contributed by atoms with Gasteiger partial charge in [0.05, 0.1) is 11.5 Å². The van der Waals surface area contributed by atoms with Crippen LogP contribution in [0.4, 0.5) is 0 Å². The number of hydrogen-bond acceptors (Lipinski definition) is 3. The van der Waals surface area contributed by atoms with Crippen LogP contribution in [0.3, 0.4) is 0 Å². The molecular formula is C16H29N3O. The van der Waals surface area contributed by atoms with Gasteiger partial charge in [-0.15, -0.1) is 0 Å². The van der Waals surface area contributed by atoms with Crippen LogP contribution < -0.4 is 5.32 Å². The van der Waals surface area contributed by atoms with E-state index < -0.39 is 0 Å². The van der Waals surface area contributed by atoms with Crippen molar-refractivity contribution in [2.75, 3.05) is 26.2 Å². The van der Waals surface area contributed by atoms with Crippen molar-refractivity contribution in [1.29, 1.82) is 5.26 Å². The minimum Gasteiger partial charge on any atom is -0.356 e. The fraction of sp³-hybridized carbons (Fsp3) is 0.875. The number of carbonyl (C=O) groups excluding carboxylic acids is 1. The molecule has 1 N–H and O–H groups in total. The van der Waals surface area contributed by atoms with Gasteiger partial charge in [-0.3, -0.25) is 4.79 Å². The zero-order chi connectivity index (χ0) is 15.0. The lowest BCUT2D eigenvalue weighted by molar-refractivity contribution is -0.119. The van der Waals surface area contributed by atoms with Crippen LogP contribution in [0.15, 0.2) is 0 Å². The summed E-state index contributed by atoms with van der Waals surface area (Å²) in [4.78, 5) is 13.4. The smallest absolute Gasteiger partial charge is 0.216 e. The summed E-state index contributed by atoms with van der Waals surface area (Å²) < 4.78 is 0. The van der Waals surface area contributed by atoms with E-state index in [1.54, 1.807) is 6.92 Å². The van der Waals surface area contributed by atoms with E-state index in [4.69, 9.17) is 5.26 Å². The van der Waals surface area contributed by atoms with Gasteiger partial charge in [0.2, 0.25) is 5.91 Å². The molecule has 0 unspecified atom stereocenters. The number of nitrogens with zero attached hydrogens (tertiary/aromatic N) is 2. The molecule has 1 rings (SSSR count). The molecule has 0 aromatic carbocycles. The predicted octanol–water partition coefficient (Wildman–Crippen LogP) is 2.55. The van der Waals surface area contributed by atoms with Crippen LogP contribution in [0.1, 0.15) is 52.9 Å². The molecule has 1 heterocycles. The fourth-order valence-electron chi connectivity index (χ4n) is 2.66. The Kier molecular flexibility index (Phi) is 7.01. The number of piperidine rings is 1.